The van der Waals surface area contributed by atoms with Crippen molar-refractivity contribution in [3.63, 3.8) is 0 Å². The van der Waals surface area contributed by atoms with Crippen LogP contribution in [0.5, 0.6) is 5.75 Å². The number of rotatable bonds is 6. The van der Waals surface area contributed by atoms with Crippen LogP contribution in [-0.2, 0) is 4.74 Å². The van der Waals surface area contributed by atoms with Gasteiger partial charge in [-0.2, -0.15) is 10.4 Å². The lowest BCUT2D eigenvalue weighted by Gasteiger charge is -2.26. The number of benzene rings is 1. The Morgan fingerprint density at radius 1 is 1.48 bits per heavy atom. The number of carbonyl (C=O) groups is 1. The third-order valence-corrected chi connectivity index (χ3v) is 5.40. The Morgan fingerprint density at radius 2 is 2.32 bits per heavy atom. The third-order valence-electron chi connectivity index (χ3n) is 5.40. The second-order valence-electron chi connectivity index (χ2n) is 7.44. The number of fused-ring (bicyclic) bond motifs is 1. The smallest absolute Gasteiger partial charge is 0.532 e. The number of anilines is 2. The second-order valence-corrected chi connectivity index (χ2v) is 7.44. The van der Waals surface area contributed by atoms with E-state index in [0.717, 1.165) is 0 Å². The van der Waals surface area contributed by atoms with Crippen molar-refractivity contribution >= 4 is 30.6 Å². The number of hydrogen-bond donors (Lipinski definition) is 4. The molecular weight excluding hydrogens is 401 g/mol. The van der Waals surface area contributed by atoms with Crippen LogP contribution in [-0.4, -0.2) is 52.8 Å². The van der Waals surface area contributed by atoms with Crippen LogP contribution >= 0.6 is 0 Å². The van der Waals surface area contributed by atoms with Gasteiger partial charge in [-0.25, -0.2) is 0 Å². The van der Waals surface area contributed by atoms with Crippen LogP contribution in [0.3, 0.4) is 0 Å². The Labute approximate surface area is 179 Å². The lowest BCUT2D eigenvalue weighted by molar-refractivity contribution is 0.0342. The summed E-state index contributed by atoms with van der Waals surface area (Å²) in [6.45, 7) is 0.740. The molecule has 0 saturated carbocycles. The first kappa shape index (κ1) is 20.9. The predicted molar refractivity (Wildman–Crippen MR) is 112 cm³/mol. The number of carbonyl (C=O) groups excluding carboxylic acids is 1. The van der Waals surface area contributed by atoms with Gasteiger partial charge in [-0.3, -0.25) is 9.48 Å². The molecule has 3 heterocycles. The maximum Gasteiger partial charge on any atom is 0.555 e. The minimum atomic E-state index is -1.10. The quantitative estimate of drug-likeness (QED) is 0.502. The summed E-state index contributed by atoms with van der Waals surface area (Å²) in [5.74, 6) is -0.152. The van der Waals surface area contributed by atoms with Gasteiger partial charge in [0.2, 0.25) is 0 Å². The highest BCUT2D eigenvalue weighted by molar-refractivity contribution is 6.54. The van der Waals surface area contributed by atoms with Crippen molar-refractivity contribution in [3.8, 4) is 11.8 Å². The van der Waals surface area contributed by atoms with Crippen LogP contribution < -0.4 is 15.7 Å². The van der Waals surface area contributed by atoms with Crippen molar-refractivity contribution < 1.29 is 24.3 Å². The number of aliphatic hydroxyl groups is 1. The molecule has 2 aromatic rings. The molecule has 31 heavy (non-hydrogen) atoms. The molecule has 1 unspecified atom stereocenters. The van der Waals surface area contributed by atoms with Gasteiger partial charge in [0.1, 0.15) is 11.3 Å². The molecule has 10 nitrogen and oxygen atoms in total. The van der Waals surface area contributed by atoms with Gasteiger partial charge in [-0.1, -0.05) is 6.08 Å². The average molecular weight is 423 g/mol. The fourth-order valence-corrected chi connectivity index (χ4v) is 3.74. The molecule has 0 aliphatic carbocycles. The van der Waals surface area contributed by atoms with E-state index in [1.165, 1.54) is 6.20 Å². The lowest BCUT2D eigenvalue weighted by atomic mass is 9.74. The van der Waals surface area contributed by atoms with Crippen molar-refractivity contribution in [1.29, 1.82) is 5.26 Å². The number of hydrogen-bond acceptors (Lipinski definition) is 8. The van der Waals surface area contributed by atoms with Gasteiger partial charge >= 0.3 is 7.12 Å². The Kier molecular flexibility index (Phi) is 5.95. The van der Waals surface area contributed by atoms with E-state index < -0.39 is 13.0 Å². The van der Waals surface area contributed by atoms with Crippen molar-refractivity contribution in [2.45, 2.75) is 18.9 Å². The fraction of sp³-hybridized carbons (Fsp3) is 0.350. The largest absolute Gasteiger partial charge is 0.555 e. The van der Waals surface area contributed by atoms with Gasteiger partial charge < -0.3 is 30.6 Å². The summed E-state index contributed by atoms with van der Waals surface area (Å²) in [5.41, 5.74) is 7.65. The second kappa shape index (κ2) is 8.81. The maximum absolute atomic E-state index is 12.0. The van der Waals surface area contributed by atoms with E-state index in [0.29, 0.717) is 42.1 Å². The molecule has 11 heteroatoms. The zero-order valence-corrected chi connectivity index (χ0v) is 16.7. The molecule has 1 saturated heterocycles. The van der Waals surface area contributed by atoms with Crippen LogP contribution in [0.4, 0.5) is 11.5 Å². The van der Waals surface area contributed by atoms with Crippen molar-refractivity contribution in [3.05, 3.63) is 41.0 Å². The van der Waals surface area contributed by atoms with Crippen molar-refractivity contribution in [2.24, 2.45) is 11.7 Å². The SMILES string of the molecule is N#CC1CCOC[C@@H]1n1cc(C(N)=O)c(Nc2ccc3c(c2)C=C(CCO)B(O)O3)n1. The summed E-state index contributed by atoms with van der Waals surface area (Å²) in [4.78, 5) is 12.0. The predicted octanol–water partition coefficient (Wildman–Crippen LogP) is 1.00. The highest BCUT2D eigenvalue weighted by Crippen LogP contribution is 2.33. The van der Waals surface area contributed by atoms with E-state index >= 15 is 0 Å². The molecule has 1 aromatic carbocycles. The van der Waals surface area contributed by atoms with Gasteiger partial charge in [0.25, 0.3) is 5.91 Å². The van der Waals surface area contributed by atoms with Gasteiger partial charge in [-0.05, 0) is 36.5 Å². The molecule has 5 N–H and O–H groups in total. The number of ether oxygens (including phenoxy) is 1. The maximum atomic E-state index is 12.0. The molecule has 0 spiro atoms. The van der Waals surface area contributed by atoms with Crippen LogP contribution in [0.2, 0.25) is 0 Å². The summed E-state index contributed by atoms with van der Waals surface area (Å²) in [5, 5.41) is 36.2. The molecular formula is C20H22BN5O5. The summed E-state index contributed by atoms with van der Waals surface area (Å²) < 4.78 is 12.5. The Morgan fingerprint density at radius 3 is 3.06 bits per heavy atom. The zero-order chi connectivity index (χ0) is 22.0. The average Bonchev–Trinajstić information content (AvgIpc) is 3.18. The molecule has 1 amide bonds. The van der Waals surface area contributed by atoms with E-state index in [1.807, 2.05) is 0 Å². The molecule has 1 fully saturated rings. The number of primary amides is 1. The van der Waals surface area contributed by atoms with Crippen LogP contribution in [0.1, 0.15) is 34.8 Å². The molecule has 1 aromatic heterocycles. The number of nitrogens with zero attached hydrogens (tertiary/aromatic N) is 3. The summed E-state index contributed by atoms with van der Waals surface area (Å²) in [6, 6.07) is 7.16. The molecule has 160 valence electrons. The van der Waals surface area contributed by atoms with Gasteiger partial charge in [0, 0.05) is 30.7 Å². The highest BCUT2D eigenvalue weighted by Gasteiger charge is 2.30. The molecule has 0 radical (unpaired) electrons. The van der Waals surface area contributed by atoms with Crippen molar-refractivity contribution in [2.75, 3.05) is 25.1 Å². The molecule has 2 aliphatic rings. The monoisotopic (exact) mass is 423 g/mol. The molecule has 2 aliphatic heterocycles. The molecule has 2 atom stereocenters. The standard InChI is InChI=1S/C20H22BN5O5/c22-9-12-4-6-30-11-17(12)26-10-16(19(23)28)20(25-26)24-15-1-2-18-13(8-15)7-14(3-5-27)21(29)31-18/h1-2,7-8,10,12,17,27,29H,3-6,11H2,(H2,23,28)(H,24,25)/t12?,17-/m0/s1. The Bertz CT molecular complexity index is 1060. The summed E-state index contributed by atoms with van der Waals surface area (Å²) >= 11 is 0. The van der Waals surface area contributed by atoms with E-state index in [9.17, 15) is 15.1 Å². The third kappa shape index (κ3) is 4.27. The van der Waals surface area contributed by atoms with E-state index in [1.54, 1.807) is 29.0 Å². The van der Waals surface area contributed by atoms with E-state index in [-0.39, 0.29) is 36.4 Å². The first-order valence-corrected chi connectivity index (χ1v) is 9.93. The van der Waals surface area contributed by atoms with Gasteiger partial charge in [0.15, 0.2) is 5.82 Å². The number of aromatic nitrogens is 2. The van der Waals surface area contributed by atoms with E-state index in [4.69, 9.17) is 20.2 Å². The van der Waals surface area contributed by atoms with Gasteiger partial charge in [0.05, 0.1) is 24.6 Å². The molecule has 4 rings (SSSR count). The Hall–Kier alpha value is -3.33. The van der Waals surface area contributed by atoms with Crippen LogP contribution in [0, 0.1) is 17.2 Å². The zero-order valence-electron chi connectivity index (χ0n) is 16.7. The number of nitrogens with one attached hydrogen (secondary N) is 1. The minimum absolute atomic E-state index is 0.104. The number of nitrogens with two attached hydrogens (primary N) is 1. The topological polar surface area (TPSA) is 156 Å². The van der Waals surface area contributed by atoms with Crippen LogP contribution in [0.25, 0.3) is 6.08 Å². The van der Waals surface area contributed by atoms with Crippen LogP contribution in [0.15, 0.2) is 29.9 Å². The first-order valence-electron chi connectivity index (χ1n) is 9.93. The van der Waals surface area contributed by atoms with E-state index in [2.05, 4.69) is 16.5 Å². The number of amides is 1. The Balaban J connectivity index is 1.63. The lowest BCUT2D eigenvalue weighted by Crippen LogP contribution is -2.29. The van der Waals surface area contributed by atoms with Gasteiger partial charge in [-0.15, -0.1) is 0 Å². The number of aliphatic hydroxyl groups excluding tert-OH is 1. The normalized spacial score (nSPS) is 20.3. The summed E-state index contributed by atoms with van der Waals surface area (Å²) in [7, 11) is -1.10. The summed E-state index contributed by atoms with van der Waals surface area (Å²) in [6.07, 6.45) is 4.17. The molecule has 0 bridgehead atoms. The fourth-order valence-electron chi connectivity index (χ4n) is 3.74. The first-order chi connectivity index (χ1) is 15.0. The minimum Gasteiger partial charge on any atom is -0.532 e. The van der Waals surface area contributed by atoms with Crippen molar-refractivity contribution in [1.82, 2.24) is 9.78 Å². The number of nitriles is 1. The highest BCUT2D eigenvalue weighted by atomic mass is 16.5.